The van der Waals surface area contributed by atoms with Crippen molar-refractivity contribution in [3.63, 3.8) is 0 Å². The maximum absolute atomic E-state index is 12.5. The Morgan fingerprint density at radius 1 is 1.24 bits per heavy atom. The van der Waals surface area contributed by atoms with Crippen molar-refractivity contribution in [2.75, 3.05) is 12.3 Å². The molecule has 96 valence electrons. The fourth-order valence-electron chi connectivity index (χ4n) is 0.883. The molecule has 17 heavy (non-hydrogen) atoms. The van der Waals surface area contributed by atoms with Gasteiger partial charge in [0.2, 0.25) is 5.88 Å². The van der Waals surface area contributed by atoms with Gasteiger partial charge >= 0.3 is 12.1 Å². The first-order valence-corrected chi connectivity index (χ1v) is 4.30. The lowest BCUT2D eigenvalue weighted by Crippen LogP contribution is -2.41. The van der Waals surface area contributed by atoms with E-state index in [2.05, 4.69) is 14.7 Å². The van der Waals surface area contributed by atoms with Gasteiger partial charge in [0.1, 0.15) is 11.6 Å². The number of aromatic nitrogens is 2. The van der Waals surface area contributed by atoms with Crippen LogP contribution in [0.3, 0.4) is 0 Å². The normalized spacial score (nSPS) is 12.6. The number of hydrogen-bond donors (Lipinski definition) is 1. The van der Waals surface area contributed by atoms with Crippen LogP contribution in [0, 0.1) is 6.92 Å². The summed E-state index contributed by atoms with van der Waals surface area (Å²) >= 11 is 0. The third-order valence-electron chi connectivity index (χ3n) is 1.65. The van der Waals surface area contributed by atoms with Gasteiger partial charge in [0.25, 0.3) is 0 Å². The van der Waals surface area contributed by atoms with Crippen LogP contribution in [0.1, 0.15) is 5.82 Å². The van der Waals surface area contributed by atoms with Crippen molar-refractivity contribution in [1.82, 2.24) is 9.97 Å². The molecule has 0 atom stereocenters. The Morgan fingerprint density at radius 2 is 1.82 bits per heavy atom. The predicted octanol–water partition coefficient (Wildman–Crippen LogP) is 1.94. The number of hydrogen-bond acceptors (Lipinski definition) is 4. The van der Waals surface area contributed by atoms with Gasteiger partial charge in [-0.15, -0.1) is 0 Å². The SMILES string of the molecule is Cc1nc(N)cc(OCC(F)(F)C(F)(F)F)n1. The van der Waals surface area contributed by atoms with E-state index in [0.717, 1.165) is 6.07 Å². The van der Waals surface area contributed by atoms with Gasteiger partial charge in [-0.1, -0.05) is 0 Å². The molecule has 0 bridgehead atoms. The first-order valence-electron chi connectivity index (χ1n) is 4.30. The molecule has 0 saturated heterocycles. The van der Waals surface area contributed by atoms with Crippen molar-refractivity contribution in [3.8, 4) is 5.88 Å². The number of nitrogens with two attached hydrogens (primary N) is 1. The molecule has 0 aliphatic heterocycles. The van der Waals surface area contributed by atoms with Crippen molar-refractivity contribution in [2.24, 2.45) is 0 Å². The minimum Gasteiger partial charge on any atom is -0.471 e. The molecular weight excluding hydrogens is 249 g/mol. The summed E-state index contributed by atoms with van der Waals surface area (Å²) in [5.41, 5.74) is 5.24. The van der Waals surface area contributed by atoms with E-state index in [4.69, 9.17) is 5.73 Å². The van der Waals surface area contributed by atoms with Crippen LogP contribution in [0.25, 0.3) is 0 Å². The van der Waals surface area contributed by atoms with Gasteiger partial charge in [0, 0.05) is 6.07 Å². The average molecular weight is 257 g/mol. The van der Waals surface area contributed by atoms with Crippen LogP contribution in [0.4, 0.5) is 27.8 Å². The molecule has 0 saturated carbocycles. The van der Waals surface area contributed by atoms with Crippen LogP contribution in [0.5, 0.6) is 5.88 Å². The van der Waals surface area contributed by atoms with Crippen LogP contribution < -0.4 is 10.5 Å². The fraction of sp³-hybridized carbons (Fsp3) is 0.500. The summed E-state index contributed by atoms with van der Waals surface area (Å²) in [6.07, 6.45) is -5.67. The van der Waals surface area contributed by atoms with Crippen LogP contribution in [-0.4, -0.2) is 28.7 Å². The van der Waals surface area contributed by atoms with Crippen molar-refractivity contribution in [1.29, 1.82) is 0 Å². The Labute approximate surface area is 92.6 Å². The number of nitrogens with zero attached hydrogens (tertiary/aromatic N) is 2. The van der Waals surface area contributed by atoms with E-state index >= 15 is 0 Å². The second-order valence-corrected chi connectivity index (χ2v) is 3.17. The van der Waals surface area contributed by atoms with E-state index in [1.54, 1.807) is 0 Å². The summed E-state index contributed by atoms with van der Waals surface area (Å²) in [6, 6.07) is 0.958. The lowest BCUT2D eigenvalue weighted by molar-refractivity contribution is -0.290. The molecule has 0 aliphatic carbocycles. The van der Waals surface area contributed by atoms with Gasteiger partial charge in [-0.3, -0.25) is 0 Å². The van der Waals surface area contributed by atoms with Gasteiger partial charge in [0.15, 0.2) is 6.61 Å². The minimum absolute atomic E-state index is 0.0807. The topological polar surface area (TPSA) is 61.0 Å². The van der Waals surface area contributed by atoms with E-state index in [0.29, 0.717) is 0 Å². The summed E-state index contributed by atoms with van der Waals surface area (Å²) in [4.78, 5) is 7.11. The van der Waals surface area contributed by atoms with Gasteiger partial charge in [0.05, 0.1) is 0 Å². The zero-order valence-electron chi connectivity index (χ0n) is 8.55. The van der Waals surface area contributed by atoms with Crippen molar-refractivity contribution in [3.05, 3.63) is 11.9 Å². The summed E-state index contributed by atoms with van der Waals surface area (Å²) < 4.78 is 64.7. The molecular formula is C8H8F5N3O. The number of halogens is 5. The molecule has 0 unspecified atom stereocenters. The first kappa shape index (κ1) is 13.4. The summed E-state index contributed by atoms with van der Waals surface area (Å²) in [7, 11) is 0. The Kier molecular flexibility index (Phi) is 3.39. The fourth-order valence-corrected chi connectivity index (χ4v) is 0.883. The smallest absolute Gasteiger partial charge is 0.456 e. The van der Waals surface area contributed by atoms with Crippen molar-refractivity contribution in [2.45, 2.75) is 19.0 Å². The number of alkyl halides is 5. The Bertz CT molecular complexity index is 386. The maximum Gasteiger partial charge on any atom is 0.456 e. The molecule has 1 aromatic rings. The average Bonchev–Trinajstić information content (AvgIpc) is 2.11. The number of aryl methyl sites for hydroxylation is 1. The molecule has 0 radical (unpaired) electrons. The second kappa shape index (κ2) is 4.30. The molecule has 4 nitrogen and oxygen atoms in total. The van der Waals surface area contributed by atoms with E-state index < -0.39 is 24.6 Å². The Morgan fingerprint density at radius 3 is 2.29 bits per heavy atom. The third kappa shape index (κ3) is 3.40. The number of rotatable bonds is 3. The predicted molar refractivity (Wildman–Crippen MR) is 47.7 cm³/mol. The van der Waals surface area contributed by atoms with Gasteiger partial charge < -0.3 is 10.5 Å². The second-order valence-electron chi connectivity index (χ2n) is 3.17. The molecule has 1 aromatic heterocycles. The van der Waals surface area contributed by atoms with Crippen LogP contribution >= 0.6 is 0 Å². The van der Waals surface area contributed by atoms with Crippen LogP contribution in [0.2, 0.25) is 0 Å². The highest BCUT2D eigenvalue weighted by Crippen LogP contribution is 2.35. The molecule has 0 aromatic carbocycles. The standard InChI is InChI=1S/C8H8F5N3O/c1-4-15-5(14)2-6(16-4)17-3-7(9,10)8(11,12)13/h2H,3H2,1H3,(H2,14,15,16). The molecule has 0 aliphatic rings. The molecule has 1 heterocycles. The van der Waals surface area contributed by atoms with Gasteiger partial charge in [-0.2, -0.15) is 26.9 Å². The summed E-state index contributed by atoms with van der Waals surface area (Å²) in [5, 5.41) is 0. The Balaban J connectivity index is 2.74. The first-order chi connectivity index (χ1) is 7.62. The molecule has 9 heteroatoms. The monoisotopic (exact) mass is 257 g/mol. The van der Waals surface area contributed by atoms with E-state index in [1.165, 1.54) is 6.92 Å². The molecule has 0 fully saturated rings. The van der Waals surface area contributed by atoms with Gasteiger partial charge in [-0.25, -0.2) is 4.98 Å². The van der Waals surface area contributed by atoms with Crippen molar-refractivity contribution >= 4 is 5.82 Å². The zero-order valence-corrected chi connectivity index (χ0v) is 8.55. The summed E-state index contributed by atoms with van der Waals surface area (Å²) in [6.45, 7) is -0.461. The lowest BCUT2D eigenvalue weighted by atomic mass is 10.3. The minimum atomic E-state index is -5.67. The quantitative estimate of drug-likeness (QED) is 0.840. The molecule has 2 N–H and O–H groups in total. The van der Waals surface area contributed by atoms with E-state index in [9.17, 15) is 22.0 Å². The Hall–Kier alpha value is -1.67. The third-order valence-corrected chi connectivity index (χ3v) is 1.65. The highest BCUT2D eigenvalue weighted by Gasteiger charge is 2.58. The van der Waals surface area contributed by atoms with E-state index in [-0.39, 0.29) is 11.6 Å². The number of nitrogen functional groups attached to an aromatic ring is 1. The molecule has 0 spiro atoms. The lowest BCUT2D eigenvalue weighted by Gasteiger charge is -2.19. The highest BCUT2D eigenvalue weighted by atomic mass is 19.4. The van der Waals surface area contributed by atoms with Crippen LogP contribution in [0.15, 0.2) is 6.07 Å². The summed E-state index contributed by atoms with van der Waals surface area (Å²) in [5.74, 6) is -5.35. The number of ether oxygens (including phenoxy) is 1. The molecule has 1 rings (SSSR count). The van der Waals surface area contributed by atoms with Crippen molar-refractivity contribution < 1.29 is 26.7 Å². The van der Waals surface area contributed by atoms with Crippen LogP contribution in [-0.2, 0) is 0 Å². The maximum atomic E-state index is 12.5. The van der Waals surface area contributed by atoms with E-state index in [1.807, 2.05) is 0 Å². The number of anilines is 1. The largest absolute Gasteiger partial charge is 0.471 e. The molecule has 0 amide bonds. The van der Waals surface area contributed by atoms with Gasteiger partial charge in [-0.05, 0) is 6.92 Å². The zero-order chi connectivity index (χ0) is 13.3. The highest BCUT2D eigenvalue weighted by molar-refractivity contribution is 5.32.